The molecule has 0 saturated heterocycles. The van der Waals surface area contributed by atoms with Crippen molar-refractivity contribution in [3.05, 3.63) is 29.8 Å². The number of halogens is 3. The van der Waals surface area contributed by atoms with Crippen LogP contribution in [0.5, 0.6) is 0 Å². The zero-order valence-electron chi connectivity index (χ0n) is 12.0. The van der Waals surface area contributed by atoms with Gasteiger partial charge in [0.25, 0.3) is 0 Å². The minimum absolute atomic E-state index is 0.0142. The first-order valence-corrected chi connectivity index (χ1v) is 7.58. The van der Waals surface area contributed by atoms with Crippen LogP contribution in [0.4, 0.5) is 13.2 Å². The summed E-state index contributed by atoms with van der Waals surface area (Å²) in [5, 5.41) is 0. The molecule has 0 aliphatic rings. The summed E-state index contributed by atoms with van der Waals surface area (Å²) in [5.74, 6) is -0.469. The number of carbonyl (C=O) groups excluding carboxylic acids is 1. The maximum atomic E-state index is 12.4. The van der Waals surface area contributed by atoms with Gasteiger partial charge in [-0.25, -0.2) is 0 Å². The molecule has 1 atom stereocenters. The second kappa shape index (κ2) is 6.60. The molecule has 21 heavy (non-hydrogen) atoms. The maximum Gasteiger partial charge on any atom is 0.416 e. The number of benzene rings is 1. The van der Waals surface area contributed by atoms with E-state index in [0.29, 0.717) is 0 Å². The lowest BCUT2D eigenvalue weighted by Crippen LogP contribution is -2.24. The van der Waals surface area contributed by atoms with Crippen molar-refractivity contribution in [2.24, 2.45) is 0 Å². The Morgan fingerprint density at radius 2 is 1.67 bits per heavy atom. The SMILES string of the molecule is CC(C)(C)OC(=O)CCS(=O)c1ccc(C(F)(F)F)cc1. The molecule has 0 amide bonds. The molecular weight excluding hydrogens is 305 g/mol. The van der Waals surface area contributed by atoms with Crippen LogP contribution in [0.1, 0.15) is 32.8 Å². The van der Waals surface area contributed by atoms with Crippen LogP contribution >= 0.6 is 0 Å². The van der Waals surface area contributed by atoms with Crippen LogP contribution in [-0.4, -0.2) is 21.5 Å². The molecule has 0 spiro atoms. The van der Waals surface area contributed by atoms with Gasteiger partial charge in [-0.15, -0.1) is 0 Å². The van der Waals surface area contributed by atoms with Gasteiger partial charge >= 0.3 is 12.1 Å². The highest BCUT2D eigenvalue weighted by atomic mass is 32.2. The minimum Gasteiger partial charge on any atom is -0.460 e. The highest BCUT2D eigenvalue weighted by Crippen LogP contribution is 2.29. The van der Waals surface area contributed by atoms with Gasteiger partial charge in [-0.3, -0.25) is 9.00 Å². The second-order valence-corrected chi connectivity index (χ2v) is 6.98. The van der Waals surface area contributed by atoms with Crippen LogP contribution in [0.15, 0.2) is 29.2 Å². The lowest BCUT2D eigenvalue weighted by atomic mass is 10.2. The summed E-state index contributed by atoms with van der Waals surface area (Å²) in [5.41, 5.74) is -1.41. The topological polar surface area (TPSA) is 43.4 Å². The average molecular weight is 322 g/mol. The van der Waals surface area contributed by atoms with Gasteiger partial charge in [0.1, 0.15) is 5.60 Å². The lowest BCUT2D eigenvalue weighted by molar-refractivity contribution is -0.154. The van der Waals surface area contributed by atoms with E-state index in [2.05, 4.69) is 0 Å². The summed E-state index contributed by atoms with van der Waals surface area (Å²) in [6.07, 6.45) is -4.47. The van der Waals surface area contributed by atoms with Crippen LogP contribution in [0.3, 0.4) is 0 Å². The Morgan fingerprint density at radius 1 is 1.14 bits per heavy atom. The smallest absolute Gasteiger partial charge is 0.416 e. The third-order valence-corrected chi connectivity index (χ3v) is 3.73. The van der Waals surface area contributed by atoms with Crippen LogP contribution in [0.2, 0.25) is 0 Å². The van der Waals surface area contributed by atoms with E-state index in [9.17, 15) is 22.2 Å². The largest absolute Gasteiger partial charge is 0.460 e. The number of rotatable bonds is 4. The molecule has 0 bridgehead atoms. The molecule has 1 aromatic rings. The predicted octanol–water partition coefficient (Wildman–Crippen LogP) is 3.54. The zero-order chi connectivity index (χ0) is 16.3. The fraction of sp³-hybridized carbons (Fsp3) is 0.500. The number of alkyl halides is 3. The number of hydrogen-bond donors (Lipinski definition) is 0. The molecule has 7 heteroatoms. The van der Waals surface area contributed by atoms with Crippen molar-refractivity contribution < 1.29 is 26.9 Å². The van der Waals surface area contributed by atoms with Crippen molar-refractivity contribution in [2.75, 3.05) is 5.75 Å². The molecule has 3 nitrogen and oxygen atoms in total. The van der Waals surface area contributed by atoms with Gasteiger partial charge < -0.3 is 4.74 Å². The third kappa shape index (κ3) is 6.29. The molecule has 0 radical (unpaired) electrons. The van der Waals surface area contributed by atoms with Crippen molar-refractivity contribution in [1.82, 2.24) is 0 Å². The minimum atomic E-state index is -4.42. The first kappa shape index (κ1) is 17.7. The molecular formula is C14H17F3O3S. The van der Waals surface area contributed by atoms with Gasteiger partial charge in [-0.1, -0.05) is 0 Å². The normalized spacial score (nSPS) is 13.8. The van der Waals surface area contributed by atoms with Crippen molar-refractivity contribution in [3.8, 4) is 0 Å². The first-order valence-electron chi connectivity index (χ1n) is 6.26. The Morgan fingerprint density at radius 3 is 2.10 bits per heavy atom. The Kier molecular flexibility index (Phi) is 5.55. The highest BCUT2D eigenvalue weighted by molar-refractivity contribution is 7.85. The Balaban J connectivity index is 2.59. The summed E-state index contributed by atoms with van der Waals surface area (Å²) >= 11 is 0. The predicted molar refractivity (Wildman–Crippen MR) is 73.2 cm³/mol. The van der Waals surface area contributed by atoms with Gasteiger partial charge in [-0.05, 0) is 45.0 Å². The highest BCUT2D eigenvalue weighted by Gasteiger charge is 2.30. The summed E-state index contributed by atoms with van der Waals surface area (Å²) in [6.45, 7) is 5.16. The van der Waals surface area contributed by atoms with E-state index < -0.39 is 34.1 Å². The molecule has 0 aromatic heterocycles. The molecule has 1 unspecified atom stereocenters. The maximum absolute atomic E-state index is 12.4. The standard InChI is InChI=1S/C14H17F3O3S/c1-13(2,3)20-12(18)8-9-21(19)11-6-4-10(5-7-11)14(15,16)17/h4-7H,8-9H2,1-3H3. The van der Waals surface area contributed by atoms with Crippen LogP contribution in [-0.2, 0) is 26.5 Å². The molecule has 0 aliphatic heterocycles. The van der Waals surface area contributed by atoms with Crippen LogP contribution in [0, 0.1) is 0 Å². The van der Waals surface area contributed by atoms with Crippen molar-refractivity contribution in [1.29, 1.82) is 0 Å². The monoisotopic (exact) mass is 322 g/mol. The molecule has 1 aromatic carbocycles. The molecule has 118 valence electrons. The molecule has 0 saturated carbocycles. The lowest BCUT2D eigenvalue weighted by Gasteiger charge is -2.19. The molecule has 0 fully saturated rings. The number of carbonyl (C=O) groups is 1. The van der Waals surface area contributed by atoms with E-state index in [1.54, 1.807) is 20.8 Å². The summed E-state index contributed by atoms with van der Waals surface area (Å²) in [4.78, 5) is 11.7. The van der Waals surface area contributed by atoms with E-state index in [4.69, 9.17) is 4.74 Å². The molecule has 1 rings (SSSR count). The Labute approximate surface area is 123 Å². The van der Waals surface area contributed by atoms with E-state index in [-0.39, 0.29) is 17.1 Å². The van der Waals surface area contributed by atoms with Gasteiger partial charge in [0.2, 0.25) is 0 Å². The zero-order valence-corrected chi connectivity index (χ0v) is 12.8. The average Bonchev–Trinajstić information content (AvgIpc) is 2.33. The molecule has 0 N–H and O–H groups in total. The fourth-order valence-corrected chi connectivity index (χ4v) is 2.51. The summed E-state index contributed by atoms with van der Waals surface area (Å²) < 4.78 is 54.1. The quantitative estimate of drug-likeness (QED) is 0.796. The van der Waals surface area contributed by atoms with E-state index in [1.165, 1.54) is 0 Å². The van der Waals surface area contributed by atoms with E-state index in [0.717, 1.165) is 24.3 Å². The summed E-state index contributed by atoms with van der Waals surface area (Å²) in [6, 6.07) is 4.07. The van der Waals surface area contributed by atoms with E-state index >= 15 is 0 Å². The molecule has 0 heterocycles. The van der Waals surface area contributed by atoms with Gasteiger partial charge in [0.05, 0.1) is 22.8 Å². The van der Waals surface area contributed by atoms with Gasteiger partial charge in [0.15, 0.2) is 0 Å². The third-order valence-electron chi connectivity index (χ3n) is 2.36. The van der Waals surface area contributed by atoms with Gasteiger partial charge in [0, 0.05) is 10.6 Å². The van der Waals surface area contributed by atoms with Crippen LogP contribution < -0.4 is 0 Å². The Hall–Kier alpha value is -1.37. The first-order chi connectivity index (χ1) is 9.49. The van der Waals surface area contributed by atoms with Crippen molar-refractivity contribution >= 4 is 16.8 Å². The second-order valence-electron chi connectivity index (χ2n) is 5.41. The molecule has 0 aliphatic carbocycles. The number of ether oxygens (including phenoxy) is 1. The Bertz CT molecular complexity index is 516. The van der Waals surface area contributed by atoms with Crippen molar-refractivity contribution in [2.45, 2.75) is 43.9 Å². The fourth-order valence-electron chi connectivity index (χ4n) is 1.48. The number of esters is 1. The summed E-state index contributed by atoms with van der Waals surface area (Å²) in [7, 11) is -1.54. The van der Waals surface area contributed by atoms with Crippen LogP contribution in [0.25, 0.3) is 0 Å². The number of hydrogen-bond acceptors (Lipinski definition) is 3. The van der Waals surface area contributed by atoms with Gasteiger partial charge in [-0.2, -0.15) is 13.2 Å². The van der Waals surface area contributed by atoms with Crippen molar-refractivity contribution in [3.63, 3.8) is 0 Å². The van der Waals surface area contributed by atoms with E-state index in [1.807, 2.05) is 0 Å².